The summed E-state index contributed by atoms with van der Waals surface area (Å²) in [6.07, 6.45) is 5.09. The number of aromatic nitrogens is 2. The largest absolute Gasteiger partial charge is 0.381 e. The van der Waals surface area contributed by atoms with Crippen LogP contribution in [-0.4, -0.2) is 22.8 Å². The van der Waals surface area contributed by atoms with Crippen LogP contribution < -0.4 is 0 Å². The summed E-state index contributed by atoms with van der Waals surface area (Å²) in [4.78, 5) is 4.45. The van der Waals surface area contributed by atoms with E-state index in [-0.39, 0.29) is 0 Å². The maximum atomic E-state index is 5.42. The van der Waals surface area contributed by atoms with Crippen LogP contribution in [0.5, 0.6) is 0 Å². The van der Waals surface area contributed by atoms with Gasteiger partial charge in [0.2, 0.25) is 0 Å². The molecule has 2 heterocycles. The van der Waals surface area contributed by atoms with Gasteiger partial charge in [-0.15, -0.1) is 0 Å². The molecule has 1 saturated heterocycles. The Morgan fingerprint density at radius 3 is 2.94 bits per heavy atom. The van der Waals surface area contributed by atoms with E-state index in [1.807, 2.05) is 24.4 Å². The number of imidazole rings is 1. The second-order valence-corrected chi connectivity index (χ2v) is 4.50. The average molecular weight is 228 g/mol. The normalized spacial score (nSPS) is 19.6. The van der Waals surface area contributed by atoms with Gasteiger partial charge in [0.05, 0.1) is 6.61 Å². The molecule has 1 atom stereocenters. The van der Waals surface area contributed by atoms with Crippen molar-refractivity contribution >= 4 is 0 Å². The monoisotopic (exact) mass is 228 g/mol. The Morgan fingerprint density at radius 2 is 2.18 bits per heavy atom. The lowest BCUT2D eigenvalue weighted by molar-refractivity contribution is 0.182. The van der Waals surface area contributed by atoms with Gasteiger partial charge in [-0.3, -0.25) is 0 Å². The highest BCUT2D eigenvalue weighted by molar-refractivity contribution is 5.55. The minimum Gasteiger partial charge on any atom is -0.381 e. The van der Waals surface area contributed by atoms with Gasteiger partial charge in [-0.1, -0.05) is 30.3 Å². The predicted molar refractivity (Wildman–Crippen MR) is 66.6 cm³/mol. The van der Waals surface area contributed by atoms with E-state index in [1.54, 1.807) is 0 Å². The molecule has 0 spiro atoms. The molecule has 1 aromatic carbocycles. The second kappa shape index (κ2) is 4.72. The second-order valence-electron chi connectivity index (χ2n) is 4.50. The summed E-state index contributed by atoms with van der Waals surface area (Å²) in [5.41, 5.74) is 1.18. The summed E-state index contributed by atoms with van der Waals surface area (Å²) in [6.45, 7) is 2.79. The summed E-state index contributed by atoms with van der Waals surface area (Å²) in [5.74, 6) is 1.68. The molecule has 0 bridgehead atoms. The van der Waals surface area contributed by atoms with E-state index in [9.17, 15) is 0 Å². The van der Waals surface area contributed by atoms with Crippen LogP contribution >= 0.6 is 0 Å². The van der Waals surface area contributed by atoms with Crippen LogP contribution in [0.4, 0.5) is 0 Å². The van der Waals surface area contributed by atoms with Crippen molar-refractivity contribution in [2.24, 2.45) is 5.92 Å². The van der Waals surface area contributed by atoms with Crippen LogP contribution in [0.3, 0.4) is 0 Å². The highest BCUT2D eigenvalue weighted by Crippen LogP contribution is 2.21. The fourth-order valence-electron chi connectivity index (χ4n) is 2.31. The maximum Gasteiger partial charge on any atom is 0.139 e. The van der Waals surface area contributed by atoms with Crippen LogP contribution in [0.25, 0.3) is 11.4 Å². The van der Waals surface area contributed by atoms with Crippen molar-refractivity contribution in [1.29, 1.82) is 0 Å². The third kappa shape index (κ3) is 2.24. The fraction of sp³-hybridized carbons (Fsp3) is 0.357. The van der Waals surface area contributed by atoms with E-state index in [0.717, 1.165) is 32.0 Å². The number of ether oxygens (including phenoxy) is 1. The predicted octanol–water partition coefficient (Wildman–Crippen LogP) is 2.59. The first-order valence-corrected chi connectivity index (χ1v) is 6.08. The molecule has 3 rings (SSSR count). The smallest absolute Gasteiger partial charge is 0.139 e. The molecule has 1 fully saturated rings. The van der Waals surface area contributed by atoms with E-state index < -0.39 is 0 Å². The van der Waals surface area contributed by atoms with Gasteiger partial charge >= 0.3 is 0 Å². The lowest BCUT2D eigenvalue weighted by Gasteiger charge is -2.11. The van der Waals surface area contributed by atoms with Crippen molar-refractivity contribution in [3.05, 3.63) is 42.7 Å². The van der Waals surface area contributed by atoms with E-state index >= 15 is 0 Å². The highest BCUT2D eigenvalue weighted by atomic mass is 16.5. The van der Waals surface area contributed by atoms with Crippen LogP contribution in [0, 0.1) is 5.92 Å². The molecule has 0 N–H and O–H groups in total. The first kappa shape index (κ1) is 10.5. The fourth-order valence-corrected chi connectivity index (χ4v) is 2.31. The Bertz CT molecular complexity index is 472. The molecule has 3 heteroatoms. The van der Waals surface area contributed by atoms with E-state index in [2.05, 4.69) is 27.9 Å². The minimum atomic E-state index is 0.631. The molecule has 0 saturated carbocycles. The third-order valence-electron chi connectivity index (χ3n) is 3.23. The molecule has 0 radical (unpaired) electrons. The lowest BCUT2D eigenvalue weighted by atomic mass is 10.1. The Balaban J connectivity index is 1.84. The maximum absolute atomic E-state index is 5.42. The Morgan fingerprint density at radius 1 is 1.29 bits per heavy atom. The molecule has 17 heavy (non-hydrogen) atoms. The van der Waals surface area contributed by atoms with Crippen LogP contribution in [0.15, 0.2) is 42.7 Å². The summed E-state index contributed by atoms with van der Waals surface area (Å²) < 4.78 is 7.65. The van der Waals surface area contributed by atoms with Crippen molar-refractivity contribution in [3.8, 4) is 11.4 Å². The standard InChI is InChI=1S/C14H16N2O/c1-2-4-13(5-3-1)14-15-7-8-16(14)10-12-6-9-17-11-12/h1-5,7-8,12H,6,9-11H2. The number of hydrogen-bond acceptors (Lipinski definition) is 2. The van der Waals surface area contributed by atoms with Crippen molar-refractivity contribution in [1.82, 2.24) is 9.55 Å². The van der Waals surface area contributed by atoms with Gasteiger partial charge in [0.15, 0.2) is 0 Å². The Kier molecular flexibility index (Phi) is 2.92. The molecule has 88 valence electrons. The SMILES string of the molecule is c1ccc(-c2nccn2CC2CCOC2)cc1. The molecule has 0 amide bonds. The van der Waals surface area contributed by atoms with Crippen LogP contribution in [-0.2, 0) is 11.3 Å². The number of rotatable bonds is 3. The zero-order valence-electron chi connectivity index (χ0n) is 9.75. The lowest BCUT2D eigenvalue weighted by Crippen LogP contribution is -2.10. The third-order valence-corrected chi connectivity index (χ3v) is 3.23. The number of nitrogens with zero attached hydrogens (tertiary/aromatic N) is 2. The summed E-state index contributed by atoms with van der Waals surface area (Å²) in [7, 11) is 0. The molecule has 3 nitrogen and oxygen atoms in total. The van der Waals surface area contributed by atoms with Gasteiger partial charge in [-0.2, -0.15) is 0 Å². The number of hydrogen-bond donors (Lipinski definition) is 0. The zero-order valence-corrected chi connectivity index (χ0v) is 9.75. The van der Waals surface area contributed by atoms with Crippen LogP contribution in [0.2, 0.25) is 0 Å². The Labute approximate surface area is 101 Å². The molecule has 1 aromatic heterocycles. The molecule has 0 aliphatic carbocycles. The van der Waals surface area contributed by atoms with Crippen LogP contribution in [0.1, 0.15) is 6.42 Å². The van der Waals surface area contributed by atoms with E-state index in [4.69, 9.17) is 4.74 Å². The molecule has 1 aliphatic rings. The first-order valence-electron chi connectivity index (χ1n) is 6.08. The average Bonchev–Trinajstić information content (AvgIpc) is 3.02. The van der Waals surface area contributed by atoms with Gasteiger partial charge in [-0.25, -0.2) is 4.98 Å². The van der Waals surface area contributed by atoms with Crippen molar-refractivity contribution in [3.63, 3.8) is 0 Å². The molecule has 2 aromatic rings. The van der Waals surface area contributed by atoms with Crippen molar-refractivity contribution < 1.29 is 4.74 Å². The summed E-state index contributed by atoms with van der Waals surface area (Å²) >= 11 is 0. The van der Waals surface area contributed by atoms with Gasteiger partial charge in [0.1, 0.15) is 5.82 Å². The quantitative estimate of drug-likeness (QED) is 0.807. The topological polar surface area (TPSA) is 27.1 Å². The molecule has 1 unspecified atom stereocenters. The zero-order chi connectivity index (χ0) is 11.5. The van der Waals surface area contributed by atoms with Gasteiger partial charge < -0.3 is 9.30 Å². The molecule has 1 aliphatic heterocycles. The van der Waals surface area contributed by atoms with Gasteiger partial charge in [0.25, 0.3) is 0 Å². The highest BCUT2D eigenvalue weighted by Gasteiger charge is 2.17. The van der Waals surface area contributed by atoms with Crippen molar-refractivity contribution in [2.75, 3.05) is 13.2 Å². The first-order chi connectivity index (χ1) is 8.43. The summed E-state index contributed by atoms with van der Waals surface area (Å²) in [6, 6.07) is 10.3. The summed E-state index contributed by atoms with van der Waals surface area (Å²) in [5, 5.41) is 0. The molecular formula is C14H16N2O. The minimum absolute atomic E-state index is 0.631. The van der Waals surface area contributed by atoms with E-state index in [0.29, 0.717) is 5.92 Å². The van der Waals surface area contributed by atoms with Gasteiger partial charge in [0, 0.05) is 37.0 Å². The number of benzene rings is 1. The van der Waals surface area contributed by atoms with Crippen molar-refractivity contribution in [2.45, 2.75) is 13.0 Å². The van der Waals surface area contributed by atoms with Gasteiger partial charge in [-0.05, 0) is 6.42 Å². The van der Waals surface area contributed by atoms with E-state index in [1.165, 1.54) is 5.56 Å². The Hall–Kier alpha value is -1.61. The molecular weight excluding hydrogens is 212 g/mol.